The number of nitrogens with one attached hydrogen (secondary N) is 1. The fraction of sp³-hybridized carbons (Fsp3) is 0.550. The van der Waals surface area contributed by atoms with Gasteiger partial charge in [-0.15, -0.1) is 0 Å². The van der Waals surface area contributed by atoms with Gasteiger partial charge in [-0.1, -0.05) is 44.2 Å². The number of aliphatic hydroxyl groups excluding tert-OH is 1. The molecule has 0 aliphatic heterocycles. The number of hydrogen-bond acceptors (Lipinski definition) is 6. The Morgan fingerprint density at radius 3 is 2.11 bits per heavy atom. The van der Waals surface area contributed by atoms with E-state index in [1.165, 1.54) is 12.1 Å². The third kappa shape index (κ3) is 9.19. The van der Waals surface area contributed by atoms with Gasteiger partial charge in [0, 0.05) is 6.61 Å². The highest BCUT2D eigenvalue weighted by molar-refractivity contribution is 6.09. The second-order valence-electron chi connectivity index (χ2n) is 6.05. The van der Waals surface area contributed by atoms with Gasteiger partial charge in [-0.2, -0.15) is 0 Å². The Balaban J connectivity index is 2.40. The monoisotopic (exact) mass is 379 g/mol. The van der Waals surface area contributed by atoms with Crippen LogP contribution >= 0.6 is 0 Å². The molecule has 0 saturated carbocycles. The van der Waals surface area contributed by atoms with Crippen LogP contribution in [0.5, 0.6) is 0 Å². The zero-order valence-corrected chi connectivity index (χ0v) is 15.9. The van der Waals surface area contributed by atoms with Crippen LogP contribution in [0.1, 0.15) is 72.6 Å². The van der Waals surface area contributed by atoms with Crippen LogP contribution < -0.4 is 5.32 Å². The lowest BCUT2D eigenvalue weighted by Gasteiger charge is -2.09. The zero-order chi connectivity index (χ0) is 19.9. The maximum Gasteiger partial charge on any atom is 0.414 e. The summed E-state index contributed by atoms with van der Waals surface area (Å²) in [6.45, 7) is 2.30. The summed E-state index contributed by atoms with van der Waals surface area (Å²) in [5, 5.41) is 10.8. The molecule has 0 saturated heterocycles. The lowest BCUT2D eigenvalue weighted by molar-refractivity contribution is 0.0493. The van der Waals surface area contributed by atoms with Crippen molar-refractivity contribution in [3.05, 3.63) is 35.4 Å². The summed E-state index contributed by atoms with van der Waals surface area (Å²) < 4.78 is 9.92. The molecule has 0 bridgehead atoms. The number of esters is 1. The molecule has 1 aromatic carbocycles. The molecule has 0 radical (unpaired) electrons. The fourth-order valence-corrected chi connectivity index (χ4v) is 2.53. The normalized spacial score (nSPS) is 10.3. The topological polar surface area (TPSA) is 102 Å². The molecule has 27 heavy (non-hydrogen) atoms. The molecule has 2 amide bonds. The molecule has 0 fully saturated rings. The number of carbonyl (C=O) groups is 3. The van der Waals surface area contributed by atoms with E-state index in [-0.39, 0.29) is 30.9 Å². The molecule has 1 aromatic rings. The van der Waals surface area contributed by atoms with Gasteiger partial charge in [0.2, 0.25) is 0 Å². The first-order chi connectivity index (χ1) is 13.1. The lowest BCUT2D eigenvalue weighted by atomic mass is 10.1. The van der Waals surface area contributed by atoms with Gasteiger partial charge in [0.25, 0.3) is 5.91 Å². The molecule has 0 aliphatic carbocycles. The molecule has 0 aliphatic rings. The van der Waals surface area contributed by atoms with Crippen molar-refractivity contribution in [3.8, 4) is 0 Å². The molecule has 2 N–H and O–H groups in total. The van der Waals surface area contributed by atoms with E-state index in [4.69, 9.17) is 9.84 Å². The van der Waals surface area contributed by atoms with E-state index >= 15 is 0 Å². The predicted octanol–water partition coefficient (Wildman–Crippen LogP) is 3.45. The minimum absolute atomic E-state index is 0.0689. The molecule has 0 heterocycles. The number of carbonyl (C=O) groups excluding carboxylic acids is 3. The summed E-state index contributed by atoms with van der Waals surface area (Å²) in [5.74, 6) is -1.29. The van der Waals surface area contributed by atoms with E-state index in [0.29, 0.717) is 0 Å². The number of hydrogen-bond donors (Lipinski definition) is 2. The number of rotatable bonds is 12. The number of aliphatic hydroxyl groups is 1. The van der Waals surface area contributed by atoms with Crippen molar-refractivity contribution in [2.45, 2.75) is 51.9 Å². The van der Waals surface area contributed by atoms with Crippen LogP contribution in [0.3, 0.4) is 0 Å². The molecule has 7 nitrogen and oxygen atoms in total. The molecular weight excluding hydrogens is 350 g/mol. The Morgan fingerprint density at radius 1 is 0.889 bits per heavy atom. The highest BCUT2D eigenvalue weighted by Crippen LogP contribution is 2.12. The Hall–Kier alpha value is -2.41. The minimum Gasteiger partial charge on any atom is -0.462 e. The summed E-state index contributed by atoms with van der Waals surface area (Å²) in [5.41, 5.74) is 0.183. The van der Waals surface area contributed by atoms with Gasteiger partial charge >= 0.3 is 12.1 Å². The number of benzene rings is 1. The molecule has 7 heteroatoms. The first-order valence-electron chi connectivity index (χ1n) is 9.45. The quantitative estimate of drug-likeness (QED) is 0.426. The lowest BCUT2D eigenvalue weighted by Crippen LogP contribution is -2.32. The highest BCUT2D eigenvalue weighted by atomic mass is 16.5. The second kappa shape index (κ2) is 13.7. The maximum atomic E-state index is 12.2. The van der Waals surface area contributed by atoms with Gasteiger partial charge in [-0.25, -0.2) is 9.59 Å². The number of unbranched alkanes of at least 4 members (excludes halogenated alkanes) is 6. The minimum atomic E-state index is -0.857. The van der Waals surface area contributed by atoms with Gasteiger partial charge in [0.15, 0.2) is 0 Å². The first kappa shape index (κ1) is 22.6. The third-order valence-corrected chi connectivity index (χ3v) is 3.92. The second-order valence-corrected chi connectivity index (χ2v) is 6.05. The van der Waals surface area contributed by atoms with Crippen molar-refractivity contribution in [2.24, 2.45) is 0 Å². The molecule has 0 spiro atoms. The average Bonchev–Trinajstić information content (AvgIpc) is 2.66. The number of amides is 2. The molecule has 150 valence electrons. The molecule has 1 rings (SSSR count). The molecule has 0 atom stereocenters. The van der Waals surface area contributed by atoms with Crippen LogP contribution in [0.2, 0.25) is 0 Å². The van der Waals surface area contributed by atoms with Crippen LogP contribution in [0.15, 0.2) is 24.3 Å². The molecule has 0 aromatic heterocycles. The Labute approximate surface area is 160 Å². The van der Waals surface area contributed by atoms with E-state index in [1.54, 1.807) is 19.1 Å². The largest absolute Gasteiger partial charge is 0.462 e. The summed E-state index contributed by atoms with van der Waals surface area (Å²) in [6, 6.07) is 6.18. The smallest absolute Gasteiger partial charge is 0.414 e. The number of ether oxygens (including phenoxy) is 2. The Morgan fingerprint density at radius 2 is 1.48 bits per heavy atom. The standard InChI is InChI=1S/C20H29NO6/c1-2-26-20(25)21-18(23)16-12-8-9-13-17(16)19(24)27-15-11-7-5-3-4-6-10-14-22/h8-9,12-13,22H,2-7,10-11,14-15H2,1H3,(H,21,23,25). The summed E-state index contributed by atoms with van der Waals surface area (Å²) >= 11 is 0. The Kier molecular flexibility index (Phi) is 11.5. The summed E-state index contributed by atoms with van der Waals surface area (Å²) in [4.78, 5) is 35.8. The summed E-state index contributed by atoms with van der Waals surface area (Å²) in [6.07, 6.45) is 6.00. The van der Waals surface area contributed by atoms with Crippen LogP contribution in [-0.2, 0) is 9.47 Å². The summed E-state index contributed by atoms with van der Waals surface area (Å²) in [7, 11) is 0. The van der Waals surface area contributed by atoms with Crippen molar-refractivity contribution in [3.63, 3.8) is 0 Å². The van der Waals surface area contributed by atoms with Gasteiger partial charge in [0.05, 0.1) is 24.3 Å². The van der Waals surface area contributed by atoms with Crippen LogP contribution in [0.25, 0.3) is 0 Å². The van der Waals surface area contributed by atoms with Crippen molar-refractivity contribution >= 4 is 18.0 Å². The fourth-order valence-electron chi connectivity index (χ4n) is 2.53. The number of imide groups is 1. The van der Waals surface area contributed by atoms with Crippen molar-refractivity contribution in [1.82, 2.24) is 5.32 Å². The zero-order valence-electron chi connectivity index (χ0n) is 15.9. The number of alkyl carbamates (subject to hydrolysis) is 1. The van der Waals surface area contributed by atoms with E-state index in [2.05, 4.69) is 10.1 Å². The van der Waals surface area contributed by atoms with Gasteiger partial charge in [-0.3, -0.25) is 10.1 Å². The van der Waals surface area contributed by atoms with Gasteiger partial charge in [0.1, 0.15) is 0 Å². The average molecular weight is 379 g/mol. The van der Waals surface area contributed by atoms with Crippen molar-refractivity contribution in [1.29, 1.82) is 0 Å². The van der Waals surface area contributed by atoms with Crippen LogP contribution in [0.4, 0.5) is 4.79 Å². The van der Waals surface area contributed by atoms with Gasteiger partial charge < -0.3 is 14.6 Å². The van der Waals surface area contributed by atoms with Crippen molar-refractivity contribution in [2.75, 3.05) is 19.8 Å². The SMILES string of the molecule is CCOC(=O)NC(=O)c1ccccc1C(=O)OCCCCCCCCCO. The predicted molar refractivity (Wildman–Crippen MR) is 101 cm³/mol. The van der Waals surface area contributed by atoms with E-state index < -0.39 is 18.0 Å². The van der Waals surface area contributed by atoms with Crippen molar-refractivity contribution < 1.29 is 29.0 Å². The molecular formula is C20H29NO6. The van der Waals surface area contributed by atoms with E-state index in [1.807, 2.05) is 0 Å². The maximum absolute atomic E-state index is 12.2. The van der Waals surface area contributed by atoms with E-state index in [9.17, 15) is 14.4 Å². The van der Waals surface area contributed by atoms with Crippen LogP contribution in [-0.4, -0.2) is 42.9 Å². The first-order valence-corrected chi connectivity index (χ1v) is 9.45. The third-order valence-electron chi connectivity index (χ3n) is 3.92. The molecule has 0 unspecified atom stereocenters. The highest BCUT2D eigenvalue weighted by Gasteiger charge is 2.19. The van der Waals surface area contributed by atoms with E-state index in [0.717, 1.165) is 44.9 Å². The van der Waals surface area contributed by atoms with Crippen LogP contribution in [0, 0.1) is 0 Å². The van der Waals surface area contributed by atoms with Gasteiger partial charge in [-0.05, 0) is 31.9 Å². The Bertz CT molecular complexity index is 602.